The van der Waals surface area contributed by atoms with Gasteiger partial charge in [-0.15, -0.1) is 5.10 Å². The zero-order valence-electron chi connectivity index (χ0n) is 21.6. The first-order chi connectivity index (χ1) is 18.6. The van der Waals surface area contributed by atoms with Crippen LogP contribution in [-0.2, 0) is 12.7 Å². The fraction of sp³-hybridized carbons (Fsp3) is 0.280. The van der Waals surface area contributed by atoms with Gasteiger partial charge in [0, 0.05) is 15.3 Å². The number of nitrogens with zero attached hydrogens (tertiary/aromatic N) is 6. The molecule has 3 aromatic heterocycles. The van der Waals surface area contributed by atoms with Crippen LogP contribution in [-0.4, -0.2) is 47.1 Å². The molecule has 15 heteroatoms. The Morgan fingerprint density at radius 1 is 1.12 bits per heavy atom. The van der Waals surface area contributed by atoms with Crippen molar-refractivity contribution in [1.82, 2.24) is 35.1 Å². The van der Waals surface area contributed by atoms with Gasteiger partial charge >= 0.3 is 6.18 Å². The number of hydrogen-bond acceptors (Lipinski definition) is 6. The van der Waals surface area contributed by atoms with Crippen LogP contribution >= 0.6 is 34.2 Å². The summed E-state index contributed by atoms with van der Waals surface area (Å²) in [5, 5.41) is 16.9. The van der Waals surface area contributed by atoms with Gasteiger partial charge in [0.1, 0.15) is 5.69 Å². The van der Waals surface area contributed by atoms with Crippen LogP contribution in [0.1, 0.15) is 58.6 Å². The average molecular weight is 687 g/mol. The van der Waals surface area contributed by atoms with Crippen LogP contribution in [0.4, 0.5) is 18.9 Å². The predicted octanol–water partition coefficient (Wildman–Crippen LogP) is 5.27. The molecule has 3 heterocycles. The Morgan fingerprint density at radius 2 is 1.85 bits per heavy atom. The van der Waals surface area contributed by atoms with E-state index in [1.807, 2.05) is 26.8 Å². The van der Waals surface area contributed by atoms with E-state index < -0.39 is 23.3 Å². The average Bonchev–Trinajstić information content (AvgIpc) is 3.47. The summed E-state index contributed by atoms with van der Waals surface area (Å²) in [6.45, 7) is 7.06. The zero-order chi connectivity index (χ0) is 29.4. The number of benzene rings is 1. The lowest BCUT2D eigenvalue weighted by Crippen LogP contribution is -2.41. The van der Waals surface area contributed by atoms with E-state index in [1.165, 1.54) is 16.9 Å². The summed E-state index contributed by atoms with van der Waals surface area (Å²) in [6, 6.07) is 8.00. The lowest BCUT2D eigenvalue weighted by Gasteiger charge is -2.22. The van der Waals surface area contributed by atoms with E-state index in [4.69, 9.17) is 11.6 Å². The standard InChI is InChI=1S/C25H23ClF3IN8O2/c1-13-8-14(30)9-16(22(39)33-24(2,3)4)20(13)32-23(40)18-10-15(11-37-12-19(34-36-37)25(27,28)29)35-38(18)21-17(26)6-5-7-31-21/h5-10,12H,11H2,1-4H3,(H,32,40)(H,33,39). The highest BCUT2D eigenvalue weighted by Gasteiger charge is 2.34. The third-order valence-electron chi connectivity index (χ3n) is 5.36. The Bertz CT molecular complexity index is 1590. The van der Waals surface area contributed by atoms with Crippen molar-refractivity contribution < 1.29 is 22.8 Å². The highest BCUT2D eigenvalue weighted by Crippen LogP contribution is 2.28. The quantitative estimate of drug-likeness (QED) is 0.267. The molecule has 0 fully saturated rings. The minimum Gasteiger partial charge on any atom is -0.347 e. The summed E-state index contributed by atoms with van der Waals surface area (Å²) in [4.78, 5) is 31.0. The number of pyridine rings is 1. The fourth-order valence-electron chi connectivity index (χ4n) is 3.71. The Kier molecular flexibility index (Phi) is 8.21. The first-order valence-corrected chi connectivity index (χ1v) is 13.2. The molecule has 0 aliphatic carbocycles. The topological polar surface area (TPSA) is 120 Å². The molecule has 0 atom stereocenters. The van der Waals surface area contributed by atoms with Crippen molar-refractivity contribution in [1.29, 1.82) is 0 Å². The van der Waals surface area contributed by atoms with Gasteiger partial charge in [0.25, 0.3) is 11.8 Å². The van der Waals surface area contributed by atoms with E-state index in [1.54, 1.807) is 25.1 Å². The second-order valence-corrected chi connectivity index (χ2v) is 11.5. The number of rotatable bonds is 6. The van der Waals surface area contributed by atoms with Gasteiger partial charge < -0.3 is 10.6 Å². The number of aryl methyl sites for hydroxylation is 1. The third kappa shape index (κ3) is 6.78. The highest BCUT2D eigenvalue weighted by atomic mass is 127. The van der Waals surface area contributed by atoms with Crippen molar-refractivity contribution in [3.05, 3.63) is 79.5 Å². The van der Waals surface area contributed by atoms with Gasteiger partial charge in [-0.25, -0.2) is 14.3 Å². The number of nitrogens with one attached hydrogen (secondary N) is 2. The van der Waals surface area contributed by atoms with Crippen molar-refractivity contribution in [2.45, 2.75) is 46.0 Å². The molecule has 4 aromatic rings. The van der Waals surface area contributed by atoms with E-state index in [0.717, 1.165) is 14.4 Å². The number of halogens is 5. The van der Waals surface area contributed by atoms with Crippen molar-refractivity contribution in [2.75, 3.05) is 5.32 Å². The van der Waals surface area contributed by atoms with Crippen LogP contribution in [0, 0.1) is 10.5 Å². The van der Waals surface area contributed by atoms with Crippen LogP contribution in [0.5, 0.6) is 0 Å². The monoisotopic (exact) mass is 686 g/mol. The van der Waals surface area contributed by atoms with Gasteiger partial charge in [0.2, 0.25) is 0 Å². The van der Waals surface area contributed by atoms with Crippen molar-refractivity contribution in [3.63, 3.8) is 0 Å². The minimum atomic E-state index is -4.66. The molecular weight excluding hydrogens is 664 g/mol. The summed E-state index contributed by atoms with van der Waals surface area (Å²) < 4.78 is 41.9. The molecule has 1 aromatic carbocycles. The predicted molar refractivity (Wildman–Crippen MR) is 150 cm³/mol. The summed E-state index contributed by atoms with van der Waals surface area (Å²) in [5.74, 6) is -0.901. The first-order valence-electron chi connectivity index (χ1n) is 11.7. The van der Waals surface area contributed by atoms with Crippen LogP contribution in [0.2, 0.25) is 5.02 Å². The lowest BCUT2D eigenvalue weighted by molar-refractivity contribution is -0.141. The molecule has 0 saturated carbocycles. The van der Waals surface area contributed by atoms with E-state index in [0.29, 0.717) is 11.3 Å². The molecule has 0 radical (unpaired) electrons. The molecule has 210 valence electrons. The van der Waals surface area contributed by atoms with Crippen LogP contribution in [0.25, 0.3) is 5.82 Å². The van der Waals surface area contributed by atoms with Gasteiger partial charge in [-0.1, -0.05) is 16.8 Å². The SMILES string of the molecule is Cc1cc(I)cc(C(=O)NC(C)(C)C)c1NC(=O)c1cc(Cn2cc(C(F)(F)F)nn2)nn1-c1ncccc1Cl. The van der Waals surface area contributed by atoms with Gasteiger partial charge in [-0.3, -0.25) is 9.59 Å². The number of carbonyl (C=O) groups is 2. The second kappa shape index (κ2) is 11.2. The smallest absolute Gasteiger partial charge is 0.347 e. The lowest BCUT2D eigenvalue weighted by atomic mass is 10.0. The summed E-state index contributed by atoms with van der Waals surface area (Å²) >= 11 is 8.42. The van der Waals surface area contributed by atoms with E-state index in [9.17, 15) is 22.8 Å². The molecule has 2 N–H and O–H groups in total. The second-order valence-electron chi connectivity index (χ2n) is 9.84. The molecule has 0 aliphatic rings. The number of aromatic nitrogens is 6. The minimum absolute atomic E-state index is 0.0214. The maximum absolute atomic E-state index is 13.7. The number of amides is 2. The Hall–Kier alpha value is -3.53. The first kappa shape index (κ1) is 29.5. The highest BCUT2D eigenvalue weighted by molar-refractivity contribution is 14.1. The number of carbonyl (C=O) groups excluding carboxylic acids is 2. The van der Waals surface area contributed by atoms with Gasteiger partial charge in [0.15, 0.2) is 11.5 Å². The molecule has 0 spiro atoms. The van der Waals surface area contributed by atoms with Crippen LogP contribution < -0.4 is 10.6 Å². The molecular formula is C25H23ClF3IN8O2. The van der Waals surface area contributed by atoms with Gasteiger partial charge in [0.05, 0.1) is 34.7 Å². The van der Waals surface area contributed by atoms with Crippen molar-refractivity contribution in [3.8, 4) is 5.82 Å². The molecule has 40 heavy (non-hydrogen) atoms. The fourth-order valence-corrected chi connectivity index (χ4v) is 4.69. The Labute approximate surface area is 245 Å². The molecule has 2 amide bonds. The summed E-state index contributed by atoms with van der Waals surface area (Å²) in [5.41, 5.74) is -0.319. The van der Waals surface area contributed by atoms with E-state index in [-0.39, 0.29) is 40.2 Å². The number of anilines is 1. The number of alkyl halides is 3. The van der Waals surface area contributed by atoms with Crippen molar-refractivity contribution >= 4 is 51.7 Å². The Morgan fingerprint density at radius 3 is 2.48 bits per heavy atom. The zero-order valence-corrected chi connectivity index (χ0v) is 24.6. The maximum atomic E-state index is 13.7. The molecule has 10 nitrogen and oxygen atoms in total. The molecule has 4 rings (SSSR count). The van der Waals surface area contributed by atoms with Crippen molar-refractivity contribution in [2.24, 2.45) is 0 Å². The van der Waals surface area contributed by atoms with E-state index in [2.05, 4.69) is 53.6 Å². The largest absolute Gasteiger partial charge is 0.436 e. The number of hydrogen-bond donors (Lipinski definition) is 2. The normalized spacial score (nSPS) is 11.9. The molecule has 0 aliphatic heterocycles. The third-order valence-corrected chi connectivity index (χ3v) is 6.28. The van der Waals surface area contributed by atoms with E-state index >= 15 is 0 Å². The van der Waals surface area contributed by atoms with Gasteiger partial charge in [-0.05, 0) is 86.2 Å². The molecule has 0 unspecified atom stereocenters. The van der Waals surface area contributed by atoms with Crippen LogP contribution in [0.3, 0.4) is 0 Å². The molecule has 0 saturated heterocycles. The Balaban J connectivity index is 1.74. The molecule has 0 bridgehead atoms. The van der Waals surface area contributed by atoms with Gasteiger partial charge in [-0.2, -0.15) is 18.3 Å². The summed E-state index contributed by atoms with van der Waals surface area (Å²) in [6.07, 6.45) is -2.47. The maximum Gasteiger partial charge on any atom is 0.436 e. The van der Waals surface area contributed by atoms with Crippen LogP contribution in [0.15, 0.2) is 42.7 Å². The summed E-state index contributed by atoms with van der Waals surface area (Å²) in [7, 11) is 0.